The van der Waals surface area contributed by atoms with Crippen molar-refractivity contribution in [1.29, 1.82) is 0 Å². The Morgan fingerprint density at radius 3 is 1.04 bits per heavy atom. The fraction of sp³-hybridized carbons (Fsp3) is 1.00. The van der Waals surface area contributed by atoms with Crippen molar-refractivity contribution in [3.8, 4) is 0 Å². The summed E-state index contributed by atoms with van der Waals surface area (Å²) in [7, 11) is 0. The largest absolute Gasteiger partial charge is 2.00 e. The van der Waals surface area contributed by atoms with Crippen LogP contribution < -0.4 is 56.1 Å². The predicted molar refractivity (Wildman–Crippen MR) is 109 cm³/mol. The second-order valence-corrected chi connectivity index (χ2v) is 7.07. The molecule has 0 bridgehead atoms. The molecule has 152 valence electrons. The van der Waals surface area contributed by atoms with Crippen molar-refractivity contribution in [2.24, 2.45) is 0 Å². The van der Waals surface area contributed by atoms with Crippen LogP contribution in [0.4, 0.5) is 0 Å². The number of nitrogens with zero attached hydrogens (tertiary/aromatic N) is 2. The van der Waals surface area contributed by atoms with Gasteiger partial charge in [-0.3, -0.25) is 0 Å². The first-order chi connectivity index (χ1) is 9.58. The quantitative estimate of drug-likeness (QED) is 0.376. The summed E-state index contributed by atoms with van der Waals surface area (Å²) in [6.07, 6.45) is 14.2. The molecule has 0 spiro atoms. The van der Waals surface area contributed by atoms with E-state index < -0.39 is 0 Å². The zero-order valence-electron chi connectivity index (χ0n) is 17.8. The van der Waals surface area contributed by atoms with E-state index in [2.05, 4.69) is 33.0 Å². The van der Waals surface area contributed by atoms with E-state index in [0.717, 1.165) is 12.1 Å². The monoisotopic (exact) mass is 456 g/mol. The van der Waals surface area contributed by atoms with E-state index in [1.807, 2.05) is 0 Å². The number of hydrogen-bond acceptors (Lipinski definition) is 0. The van der Waals surface area contributed by atoms with Crippen molar-refractivity contribution in [1.82, 2.24) is 0 Å². The van der Waals surface area contributed by atoms with E-state index in [1.165, 1.54) is 64.2 Å². The summed E-state index contributed by atoms with van der Waals surface area (Å²) < 4.78 is 0. The van der Waals surface area contributed by atoms with Crippen LogP contribution in [0, 0.1) is 0 Å². The van der Waals surface area contributed by atoms with Crippen molar-refractivity contribution in [3.05, 3.63) is 10.6 Å². The molecule has 2 aliphatic rings. The van der Waals surface area contributed by atoms with Gasteiger partial charge in [0.1, 0.15) is 0 Å². The van der Waals surface area contributed by atoms with Crippen LogP contribution in [0.2, 0.25) is 0 Å². The maximum Gasteiger partial charge on any atom is 2.00 e. The van der Waals surface area contributed by atoms with Crippen molar-refractivity contribution < 1.29 is 56.1 Å². The van der Waals surface area contributed by atoms with Crippen LogP contribution >= 0.6 is 0 Å². The Balaban J connectivity index is -0.0000000520. The Morgan fingerprint density at radius 1 is 0.593 bits per heavy atom. The molecule has 0 aromatic heterocycles. The van der Waals surface area contributed by atoms with Gasteiger partial charge >= 0.3 is 65.0 Å². The number of rotatable bonds is 4. The van der Waals surface area contributed by atoms with E-state index >= 15 is 0 Å². The average molecular weight is 458 g/mol. The maximum absolute atomic E-state index is 5.00. The van der Waals surface area contributed by atoms with E-state index in [4.69, 9.17) is 5.32 Å². The van der Waals surface area contributed by atoms with Gasteiger partial charge in [0, 0.05) is 0 Å². The Morgan fingerprint density at radius 2 is 0.852 bits per heavy atom. The van der Waals surface area contributed by atoms with Gasteiger partial charge < -0.3 is 47.9 Å². The van der Waals surface area contributed by atoms with E-state index in [-0.39, 0.29) is 110 Å². The molecule has 0 aliphatic heterocycles. The minimum Gasteiger partial charge on any atom is -1.00 e. The summed E-state index contributed by atoms with van der Waals surface area (Å²) in [5.74, 6) is 0. The molecule has 0 radical (unpaired) electrons. The first-order valence-electron chi connectivity index (χ1n) is 8.98. The molecule has 27 heavy (non-hydrogen) atoms. The van der Waals surface area contributed by atoms with Gasteiger partial charge in [0.25, 0.3) is 0 Å². The van der Waals surface area contributed by atoms with Gasteiger partial charge in [0.2, 0.25) is 0 Å². The second kappa shape index (κ2) is 31.1. The summed E-state index contributed by atoms with van der Waals surface area (Å²) in [4.78, 5) is 0. The molecule has 8 heteroatoms. The maximum atomic E-state index is 5.00. The molecule has 2 fully saturated rings. The Hall–Kier alpha value is 2.92. The fourth-order valence-corrected chi connectivity index (χ4v) is 3.35. The van der Waals surface area contributed by atoms with E-state index in [9.17, 15) is 0 Å². The number of hydrogen-bond donors (Lipinski definition) is 0. The molecule has 0 atom stereocenters. The minimum atomic E-state index is 0. The van der Waals surface area contributed by atoms with Crippen LogP contribution in [-0.2, 0) is 0 Å². The molecule has 0 N–H and O–H groups in total. The Bertz CT molecular complexity index is 221. The molecule has 0 aromatic rings. The fourth-order valence-electron chi connectivity index (χ4n) is 3.35. The average Bonchev–Trinajstić information content (AvgIpc) is 2.40. The molecule has 0 saturated heterocycles. The summed E-state index contributed by atoms with van der Waals surface area (Å²) >= 11 is 0. The van der Waals surface area contributed by atoms with Crippen LogP contribution in [0.15, 0.2) is 0 Å². The third-order valence-corrected chi connectivity index (χ3v) is 4.17. The molecule has 0 unspecified atom stereocenters. The zero-order valence-corrected chi connectivity index (χ0v) is 22.9. The number of halogens is 3. The Kier molecular flexibility index (Phi) is 54.9. The summed E-state index contributed by atoms with van der Waals surface area (Å²) in [6, 6.07) is 2.49. The smallest absolute Gasteiger partial charge is 1.00 e. The van der Waals surface area contributed by atoms with Crippen LogP contribution in [0.5, 0.6) is 0 Å². The summed E-state index contributed by atoms with van der Waals surface area (Å²) in [6.45, 7) is 8.39. The van der Waals surface area contributed by atoms with Gasteiger partial charge in [-0.25, -0.2) is 0 Å². The van der Waals surface area contributed by atoms with Gasteiger partial charge in [-0.15, -0.1) is 24.2 Å². The molecule has 0 aromatic carbocycles. The topological polar surface area (TPSA) is 28.2 Å². The first kappa shape index (κ1) is 47.6. The standard InChI is InChI=1S/C12H22N.C6H14N.CH4.3ClH.Li.2Mg/c1-3-7-11(8-4-1)13-12-9-5-2-6-10-12;1-5(2)7-6(3)4;;;;;;;/h11-12H,1-10H2;5-6H,1-4H3;1H4;3*1H;;;/q2*-1;;;;;+1;2*+2/p-3. The molecule has 2 rings (SSSR count). The molecule has 2 aliphatic carbocycles. The van der Waals surface area contributed by atoms with Gasteiger partial charge in [-0.2, -0.15) is 0 Å². The molecular formula is C19H40Cl3LiMg2N2. The second-order valence-electron chi connectivity index (χ2n) is 7.07. The van der Waals surface area contributed by atoms with E-state index in [0.29, 0.717) is 12.1 Å². The van der Waals surface area contributed by atoms with Crippen LogP contribution in [0.25, 0.3) is 10.6 Å². The van der Waals surface area contributed by atoms with Crippen LogP contribution in [0.3, 0.4) is 0 Å². The van der Waals surface area contributed by atoms with Gasteiger partial charge in [0.15, 0.2) is 0 Å². The van der Waals surface area contributed by atoms with E-state index in [1.54, 1.807) is 0 Å². The normalized spacial score (nSPS) is 16.2. The van der Waals surface area contributed by atoms with Crippen LogP contribution in [0.1, 0.15) is 99.3 Å². The minimum absolute atomic E-state index is 0. The zero-order chi connectivity index (χ0) is 14.8. The molecular weight excluding hydrogens is 418 g/mol. The first-order valence-corrected chi connectivity index (χ1v) is 8.98. The SMILES string of the molecule is C.C1CCC([N-]C2CCCCC2)CC1.CC(C)[N-]C(C)C.[Cl-].[Cl-].[Cl-].[Li+].[Mg+2].[Mg+2]. The van der Waals surface area contributed by atoms with Gasteiger partial charge in [0.05, 0.1) is 0 Å². The van der Waals surface area contributed by atoms with Crippen molar-refractivity contribution >= 4 is 46.1 Å². The molecule has 2 nitrogen and oxygen atoms in total. The van der Waals surface area contributed by atoms with Crippen molar-refractivity contribution in [3.63, 3.8) is 0 Å². The summed E-state index contributed by atoms with van der Waals surface area (Å²) in [5, 5.41) is 9.27. The summed E-state index contributed by atoms with van der Waals surface area (Å²) in [5.41, 5.74) is 0. The van der Waals surface area contributed by atoms with Crippen LogP contribution in [-0.4, -0.2) is 70.3 Å². The van der Waals surface area contributed by atoms with Crippen molar-refractivity contribution in [2.75, 3.05) is 0 Å². The molecule has 0 amide bonds. The predicted octanol–water partition coefficient (Wildman–Crippen LogP) is -5.91. The third-order valence-electron chi connectivity index (χ3n) is 4.17. The van der Waals surface area contributed by atoms with Crippen molar-refractivity contribution in [2.45, 2.75) is 123 Å². The third kappa shape index (κ3) is 28.9. The Labute approximate surface area is 234 Å². The van der Waals surface area contributed by atoms with Gasteiger partial charge in [-0.05, 0) is 0 Å². The van der Waals surface area contributed by atoms with Gasteiger partial charge in [-0.1, -0.05) is 99.3 Å². The molecule has 0 heterocycles. The molecule has 2 saturated carbocycles.